The third-order valence-corrected chi connectivity index (χ3v) is 6.82. The van der Waals surface area contributed by atoms with E-state index in [1.165, 1.54) is 24.4 Å². The maximum absolute atomic E-state index is 15.2. The lowest BCUT2D eigenvalue weighted by atomic mass is 10.0. The number of nitrogens with zero attached hydrogens (tertiary/aromatic N) is 6. The summed E-state index contributed by atoms with van der Waals surface area (Å²) in [4.78, 5) is 11.2. The molecule has 218 valence electrons. The van der Waals surface area contributed by atoms with Gasteiger partial charge in [-0.1, -0.05) is 5.16 Å². The number of ether oxygens (including phenoxy) is 1. The summed E-state index contributed by atoms with van der Waals surface area (Å²) in [5.41, 5.74) is 3.42. The summed E-state index contributed by atoms with van der Waals surface area (Å²) in [6.45, 7) is 4.78. The fraction of sp³-hybridized carbons (Fsp3) is 0.407. The Morgan fingerprint density at radius 1 is 1.17 bits per heavy atom. The number of hydrogen-bond donors (Lipinski definition) is 2. The van der Waals surface area contributed by atoms with Crippen LogP contribution in [0.5, 0.6) is 5.75 Å². The summed E-state index contributed by atoms with van der Waals surface area (Å²) in [5.74, 6) is 0.685. The van der Waals surface area contributed by atoms with Crippen molar-refractivity contribution in [3.8, 4) is 28.4 Å². The molecule has 5 rings (SSSR count). The average Bonchev–Trinajstić information content (AvgIpc) is 3.59. The standard InChI is InChI=1S/C27H29F4N7O3/c1-14-24(23-15(2)36-41-16(23)3)34-25(20-7-19(5-6-21(20)28)40-12-18(39)9-32-4)35-26(14)37-10-17-8-33-38(22(17)11-37)13-27(29,30)31/h5-8,18,32,39H,9-13H2,1-4H3/t18-/m1/s1. The van der Waals surface area contributed by atoms with Crippen LogP contribution in [0.1, 0.15) is 28.3 Å². The number of nitrogens with one attached hydrogen (secondary N) is 1. The molecular weight excluding hydrogens is 546 g/mol. The van der Waals surface area contributed by atoms with Crippen LogP contribution in [-0.4, -0.2) is 62.5 Å². The Labute approximate surface area is 233 Å². The Bertz CT molecular complexity index is 1550. The van der Waals surface area contributed by atoms with Gasteiger partial charge < -0.3 is 24.6 Å². The lowest BCUT2D eigenvalue weighted by Gasteiger charge is -2.22. The van der Waals surface area contributed by atoms with Gasteiger partial charge in [0, 0.05) is 24.2 Å². The van der Waals surface area contributed by atoms with Crippen LogP contribution < -0.4 is 15.0 Å². The predicted molar refractivity (Wildman–Crippen MR) is 141 cm³/mol. The van der Waals surface area contributed by atoms with Crippen molar-refractivity contribution in [3.63, 3.8) is 0 Å². The van der Waals surface area contributed by atoms with Crippen LogP contribution >= 0.6 is 0 Å². The molecule has 0 aliphatic carbocycles. The van der Waals surface area contributed by atoms with Crippen molar-refractivity contribution in [2.45, 2.75) is 52.7 Å². The number of aryl methyl sites for hydroxylation is 2. The zero-order chi connectivity index (χ0) is 29.5. The Balaban J connectivity index is 1.57. The van der Waals surface area contributed by atoms with Crippen LogP contribution in [0.15, 0.2) is 28.9 Å². The molecule has 14 heteroatoms. The van der Waals surface area contributed by atoms with E-state index in [9.17, 15) is 18.3 Å². The van der Waals surface area contributed by atoms with Gasteiger partial charge in [0.15, 0.2) is 5.82 Å². The minimum Gasteiger partial charge on any atom is -0.491 e. The van der Waals surface area contributed by atoms with E-state index in [0.29, 0.717) is 57.6 Å². The normalized spacial score (nSPS) is 14.0. The van der Waals surface area contributed by atoms with Gasteiger partial charge in [-0.25, -0.2) is 14.4 Å². The predicted octanol–water partition coefficient (Wildman–Crippen LogP) is 4.10. The number of anilines is 1. The third-order valence-electron chi connectivity index (χ3n) is 6.82. The molecule has 0 radical (unpaired) electrons. The Kier molecular flexibility index (Phi) is 7.70. The van der Waals surface area contributed by atoms with E-state index in [0.717, 1.165) is 4.68 Å². The summed E-state index contributed by atoms with van der Waals surface area (Å²) in [6, 6.07) is 4.12. The van der Waals surface area contributed by atoms with Crippen LogP contribution in [0.4, 0.5) is 23.4 Å². The van der Waals surface area contributed by atoms with Crippen molar-refractivity contribution in [2.24, 2.45) is 0 Å². The van der Waals surface area contributed by atoms with Crippen molar-refractivity contribution in [2.75, 3.05) is 25.1 Å². The third kappa shape index (κ3) is 5.88. The molecule has 4 heterocycles. The van der Waals surface area contributed by atoms with Crippen LogP contribution in [0.3, 0.4) is 0 Å². The minimum atomic E-state index is -4.42. The van der Waals surface area contributed by atoms with Crippen molar-refractivity contribution in [3.05, 3.63) is 58.5 Å². The maximum atomic E-state index is 15.2. The van der Waals surface area contributed by atoms with Gasteiger partial charge in [0.05, 0.1) is 41.0 Å². The van der Waals surface area contributed by atoms with Gasteiger partial charge in [0.25, 0.3) is 0 Å². The number of rotatable bonds is 9. The van der Waals surface area contributed by atoms with Crippen LogP contribution in [0.25, 0.3) is 22.6 Å². The second-order valence-corrected chi connectivity index (χ2v) is 9.95. The lowest BCUT2D eigenvalue weighted by molar-refractivity contribution is -0.143. The van der Waals surface area contributed by atoms with E-state index in [-0.39, 0.29) is 31.1 Å². The number of benzene rings is 1. The smallest absolute Gasteiger partial charge is 0.408 e. The van der Waals surface area contributed by atoms with E-state index in [2.05, 4.69) is 15.6 Å². The summed E-state index contributed by atoms with van der Waals surface area (Å²) >= 11 is 0. The molecule has 0 bridgehead atoms. The first kappa shape index (κ1) is 28.5. The molecule has 1 aliphatic rings. The molecule has 10 nitrogen and oxygen atoms in total. The molecule has 0 saturated heterocycles. The molecule has 1 atom stereocenters. The second kappa shape index (κ2) is 11.1. The number of aromatic nitrogens is 5. The van der Waals surface area contributed by atoms with Gasteiger partial charge >= 0.3 is 6.18 Å². The van der Waals surface area contributed by atoms with Gasteiger partial charge in [-0.2, -0.15) is 18.3 Å². The van der Waals surface area contributed by atoms with Gasteiger partial charge in [-0.15, -0.1) is 0 Å². The molecule has 1 aliphatic heterocycles. The van der Waals surface area contributed by atoms with Crippen molar-refractivity contribution < 1.29 is 31.9 Å². The van der Waals surface area contributed by atoms with Crippen molar-refractivity contribution >= 4 is 5.82 Å². The number of aliphatic hydroxyl groups is 1. The molecule has 41 heavy (non-hydrogen) atoms. The first-order valence-electron chi connectivity index (χ1n) is 12.9. The lowest BCUT2D eigenvalue weighted by Crippen LogP contribution is -2.29. The average molecular weight is 576 g/mol. The van der Waals surface area contributed by atoms with Gasteiger partial charge in [0.1, 0.15) is 42.4 Å². The number of halogens is 4. The molecule has 0 saturated carbocycles. The molecule has 0 fully saturated rings. The summed E-state index contributed by atoms with van der Waals surface area (Å²) in [5, 5.41) is 20.8. The van der Waals surface area contributed by atoms with Gasteiger partial charge in [-0.05, 0) is 46.0 Å². The van der Waals surface area contributed by atoms with E-state index >= 15 is 4.39 Å². The Hall–Kier alpha value is -4.04. The molecule has 0 spiro atoms. The van der Waals surface area contributed by atoms with Gasteiger partial charge in [-0.3, -0.25) is 4.68 Å². The molecular formula is C27H29F4N7O3. The minimum absolute atomic E-state index is 0.0166. The zero-order valence-electron chi connectivity index (χ0n) is 22.9. The quantitative estimate of drug-likeness (QED) is 0.285. The zero-order valence-corrected chi connectivity index (χ0v) is 22.9. The van der Waals surface area contributed by atoms with Crippen LogP contribution in [0.2, 0.25) is 0 Å². The van der Waals surface area contributed by atoms with E-state index in [1.807, 2.05) is 4.90 Å². The van der Waals surface area contributed by atoms with E-state index < -0.39 is 24.6 Å². The van der Waals surface area contributed by atoms with Crippen LogP contribution in [-0.2, 0) is 19.6 Å². The first-order chi connectivity index (χ1) is 19.4. The topological polar surface area (TPSA) is 114 Å². The van der Waals surface area contributed by atoms with E-state index in [1.54, 1.807) is 27.8 Å². The number of alkyl halides is 3. The molecule has 4 aromatic rings. The SMILES string of the molecule is CNC[C@@H](O)COc1ccc(F)c(-c2nc(-c3c(C)noc3C)c(C)c(N3Cc4cnn(CC(F)(F)F)c4C3)n2)c1. The second-order valence-electron chi connectivity index (χ2n) is 9.95. The number of hydrogen-bond acceptors (Lipinski definition) is 9. The van der Waals surface area contributed by atoms with Gasteiger partial charge in [0.2, 0.25) is 0 Å². The monoisotopic (exact) mass is 575 g/mol. The highest BCUT2D eigenvalue weighted by atomic mass is 19.4. The number of aliphatic hydroxyl groups excluding tert-OH is 1. The molecule has 3 aromatic heterocycles. The molecule has 1 aromatic carbocycles. The Morgan fingerprint density at radius 2 is 1.95 bits per heavy atom. The summed E-state index contributed by atoms with van der Waals surface area (Å²) < 4.78 is 66.6. The highest BCUT2D eigenvalue weighted by Crippen LogP contribution is 2.38. The number of fused-ring (bicyclic) bond motifs is 1. The fourth-order valence-electron chi connectivity index (χ4n) is 4.91. The summed E-state index contributed by atoms with van der Waals surface area (Å²) in [6.07, 6.45) is -3.77. The van der Waals surface area contributed by atoms with Crippen molar-refractivity contribution in [1.82, 2.24) is 30.2 Å². The molecule has 2 N–H and O–H groups in total. The number of likely N-dealkylation sites (N-methyl/N-ethyl adjacent to an activating group) is 1. The molecule has 0 amide bonds. The highest BCUT2D eigenvalue weighted by molar-refractivity contribution is 5.75. The van der Waals surface area contributed by atoms with Crippen molar-refractivity contribution in [1.29, 1.82) is 0 Å². The van der Waals surface area contributed by atoms with Crippen LogP contribution in [0, 0.1) is 26.6 Å². The Morgan fingerprint density at radius 3 is 2.63 bits per heavy atom. The maximum Gasteiger partial charge on any atom is 0.408 e. The first-order valence-corrected chi connectivity index (χ1v) is 12.9. The van der Waals surface area contributed by atoms with E-state index in [4.69, 9.17) is 19.2 Å². The highest BCUT2D eigenvalue weighted by Gasteiger charge is 2.34. The summed E-state index contributed by atoms with van der Waals surface area (Å²) in [7, 11) is 1.70. The fourth-order valence-corrected chi connectivity index (χ4v) is 4.91. The molecule has 0 unspecified atom stereocenters. The largest absolute Gasteiger partial charge is 0.491 e.